The average Bonchev–Trinajstić information content (AvgIpc) is 2.53. The van der Waals surface area contributed by atoms with Crippen LogP contribution in [0.15, 0.2) is 54.6 Å². The molecule has 5 nitrogen and oxygen atoms in total. The number of carbonyl (C=O) groups excluding carboxylic acids is 1. The van der Waals surface area contributed by atoms with Crippen LogP contribution in [0.1, 0.15) is 29.3 Å². The quantitative estimate of drug-likeness (QED) is 0.290. The van der Waals surface area contributed by atoms with E-state index in [1.807, 2.05) is 19.1 Å². The van der Waals surface area contributed by atoms with E-state index in [4.69, 9.17) is 0 Å². The van der Waals surface area contributed by atoms with E-state index >= 15 is 0 Å². The number of hydrogen-bond acceptors (Lipinski definition) is 5. The molecule has 124 valence electrons. The molecule has 0 amide bonds. The van der Waals surface area contributed by atoms with Crippen LogP contribution in [0, 0.1) is 0 Å². The first kappa shape index (κ1) is 17.1. The first-order valence-electron chi connectivity index (χ1n) is 7.32. The lowest BCUT2D eigenvalue weighted by atomic mass is 9.98. The number of aromatic hydroxyl groups is 4. The zero-order valence-corrected chi connectivity index (χ0v) is 13.1. The fourth-order valence-electron chi connectivity index (χ4n) is 2.19. The normalized spacial score (nSPS) is 11.8. The van der Waals surface area contributed by atoms with Crippen LogP contribution in [0.5, 0.6) is 23.0 Å². The summed E-state index contributed by atoms with van der Waals surface area (Å²) in [6.45, 7) is 1.85. The summed E-state index contributed by atoms with van der Waals surface area (Å²) in [5.74, 6) is -1.40. The topological polar surface area (TPSA) is 98.0 Å². The standard InChI is InChI=1S/C19H18O5/c1-2-3-4-12(13-5-8-16(21)19(24)10-13)9-17(22)15-7-6-14(20)11-18(15)23/h2-3,5-11,20-21,23-24H,4H2,1H3. The Bertz CT molecular complexity index is 819. The summed E-state index contributed by atoms with van der Waals surface area (Å²) in [7, 11) is 0. The molecule has 0 radical (unpaired) electrons. The van der Waals surface area contributed by atoms with Crippen molar-refractivity contribution in [2.45, 2.75) is 13.3 Å². The summed E-state index contributed by atoms with van der Waals surface area (Å²) in [5.41, 5.74) is 1.25. The lowest BCUT2D eigenvalue weighted by Gasteiger charge is -2.08. The number of carbonyl (C=O) groups is 1. The third-order valence-electron chi connectivity index (χ3n) is 3.47. The van der Waals surface area contributed by atoms with Gasteiger partial charge in [-0.2, -0.15) is 0 Å². The number of benzene rings is 2. The van der Waals surface area contributed by atoms with Gasteiger partial charge < -0.3 is 20.4 Å². The number of phenols is 4. The first-order chi connectivity index (χ1) is 11.4. The number of phenolic OH excluding ortho intramolecular Hbond substituents is 4. The molecule has 24 heavy (non-hydrogen) atoms. The first-order valence-corrected chi connectivity index (χ1v) is 7.32. The predicted octanol–water partition coefficient (Wildman–Crippen LogP) is 3.74. The Kier molecular flexibility index (Phi) is 5.27. The van der Waals surface area contributed by atoms with Crippen molar-refractivity contribution in [2.75, 3.05) is 0 Å². The Morgan fingerprint density at radius 2 is 1.71 bits per heavy atom. The molecule has 0 unspecified atom stereocenters. The van der Waals surface area contributed by atoms with Crippen LogP contribution in [0.25, 0.3) is 5.57 Å². The maximum Gasteiger partial charge on any atom is 0.189 e. The van der Waals surface area contributed by atoms with Crippen molar-refractivity contribution in [1.29, 1.82) is 0 Å². The van der Waals surface area contributed by atoms with Gasteiger partial charge in [0.1, 0.15) is 11.5 Å². The van der Waals surface area contributed by atoms with Gasteiger partial charge in [0.25, 0.3) is 0 Å². The van der Waals surface area contributed by atoms with E-state index in [2.05, 4.69) is 0 Å². The minimum atomic E-state index is -0.431. The molecule has 2 aromatic rings. The van der Waals surface area contributed by atoms with Gasteiger partial charge in [-0.1, -0.05) is 18.2 Å². The Hall–Kier alpha value is -3.21. The Balaban J connectivity index is 2.44. The predicted molar refractivity (Wildman–Crippen MR) is 91.3 cm³/mol. The maximum absolute atomic E-state index is 12.4. The highest BCUT2D eigenvalue weighted by Crippen LogP contribution is 2.31. The number of ketones is 1. The van der Waals surface area contributed by atoms with Gasteiger partial charge in [0.2, 0.25) is 0 Å². The maximum atomic E-state index is 12.4. The summed E-state index contributed by atoms with van der Waals surface area (Å²) < 4.78 is 0. The molecule has 2 aromatic carbocycles. The molecule has 0 aromatic heterocycles. The van der Waals surface area contributed by atoms with Crippen LogP contribution >= 0.6 is 0 Å². The fraction of sp³-hybridized carbons (Fsp3) is 0.105. The molecule has 0 aliphatic heterocycles. The van der Waals surface area contributed by atoms with Crippen molar-refractivity contribution >= 4 is 11.4 Å². The van der Waals surface area contributed by atoms with E-state index in [9.17, 15) is 25.2 Å². The fourth-order valence-corrected chi connectivity index (χ4v) is 2.19. The van der Waals surface area contributed by atoms with Gasteiger partial charge in [0.05, 0.1) is 5.56 Å². The van der Waals surface area contributed by atoms with Gasteiger partial charge in [-0.05, 0) is 54.8 Å². The van der Waals surface area contributed by atoms with E-state index in [1.54, 1.807) is 6.07 Å². The van der Waals surface area contributed by atoms with Crippen LogP contribution in [0.4, 0.5) is 0 Å². The van der Waals surface area contributed by atoms with Crippen LogP contribution < -0.4 is 0 Å². The van der Waals surface area contributed by atoms with Crippen LogP contribution in [0.3, 0.4) is 0 Å². The molecule has 5 heteroatoms. The molecule has 0 atom stereocenters. The van der Waals surface area contributed by atoms with Gasteiger partial charge in [-0.3, -0.25) is 4.79 Å². The van der Waals surface area contributed by atoms with Crippen molar-refractivity contribution in [3.63, 3.8) is 0 Å². The summed E-state index contributed by atoms with van der Waals surface area (Å²) in [5, 5.41) is 38.2. The molecule has 4 N–H and O–H groups in total. The zero-order chi connectivity index (χ0) is 17.7. The number of allylic oxidation sites excluding steroid dienone is 4. The molecular formula is C19H18O5. The van der Waals surface area contributed by atoms with Crippen molar-refractivity contribution < 1.29 is 25.2 Å². The van der Waals surface area contributed by atoms with Gasteiger partial charge in [0, 0.05) is 6.07 Å². The van der Waals surface area contributed by atoms with E-state index in [0.29, 0.717) is 17.6 Å². The van der Waals surface area contributed by atoms with Crippen molar-refractivity contribution in [2.24, 2.45) is 0 Å². The molecule has 0 saturated carbocycles. The highest BCUT2D eigenvalue weighted by Gasteiger charge is 2.12. The second-order valence-electron chi connectivity index (χ2n) is 5.21. The van der Waals surface area contributed by atoms with Crippen molar-refractivity contribution in [1.82, 2.24) is 0 Å². The van der Waals surface area contributed by atoms with Crippen LogP contribution in [-0.4, -0.2) is 26.2 Å². The molecular weight excluding hydrogens is 308 g/mol. The SMILES string of the molecule is CC=CCC(=CC(=O)c1ccc(O)cc1O)c1ccc(O)c(O)c1. The molecule has 0 aliphatic rings. The van der Waals surface area contributed by atoms with E-state index in [1.165, 1.54) is 30.3 Å². The summed E-state index contributed by atoms with van der Waals surface area (Å²) in [6, 6.07) is 8.06. The highest BCUT2D eigenvalue weighted by atomic mass is 16.3. The molecule has 2 rings (SSSR count). The van der Waals surface area contributed by atoms with Crippen LogP contribution in [0.2, 0.25) is 0 Å². The Labute approximate surface area is 139 Å². The Morgan fingerprint density at radius 1 is 0.958 bits per heavy atom. The average molecular weight is 326 g/mol. The zero-order valence-electron chi connectivity index (χ0n) is 13.1. The van der Waals surface area contributed by atoms with Crippen LogP contribution in [-0.2, 0) is 0 Å². The van der Waals surface area contributed by atoms with Gasteiger partial charge in [-0.15, -0.1) is 0 Å². The second-order valence-corrected chi connectivity index (χ2v) is 5.21. The summed E-state index contributed by atoms with van der Waals surface area (Å²) >= 11 is 0. The van der Waals surface area contributed by atoms with Crippen molar-refractivity contribution in [3.05, 3.63) is 65.8 Å². The second kappa shape index (κ2) is 7.37. The molecule has 0 aliphatic carbocycles. The monoisotopic (exact) mass is 326 g/mol. The lowest BCUT2D eigenvalue weighted by Crippen LogP contribution is -1.97. The minimum Gasteiger partial charge on any atom is -0.508 e. The molecule has 0 fully saturated rings. The third kappa shape index (κ3) is 3.95. The largest absolute Gasteiger partial charge is 0.508 e. The molecule has 0 saturated heterocycles. The van der Waals surface area contributed by atoms with Gasteiger partial charge >= 0.3 is 0 Å². The van der Waals surface area contributed by atoms with Gasteiger partial charge in [0.15, 0.2) is 17.3 Å². The highest BCUT2D eigenvalue weighted by molar-refractivity contribution is 6.10. The molecule has 0 heterocycles. The summed E-state index contributed by atoms with van der Waals surface area (Å²) in [4.78, 5) is 12.4. The van der Waals surface area contributed by atoms with E-state index in [-0.39, 0.29) is 28.6 Å². The minimum absolute atomic E-state index is 0.0637. The molecule has 0 bridgehead atoms. The lowest BCUT2D eigenvalue weighted by molar-refractivity contribution is 0.104. The Morgan fingerprint density at radius 3 is 2.33 bits per heavy atom. The number of rotatable bonds is 5. The van der Waals surface area contributed by atoms with E-state index in [0.717, 1.165) is 6.07 Å². The van der Waals surface area contributed by atoms with E-state index < -0.39 is 5.78 Å². The number of hydrogen-bond donors (Lipinski definition) is 4. The summed E-state index contributed by atoms with van der Waals surface area (Å²) in [6.07, 6.45) is 5.47. The van der Waals surface area contributed by atoms with Crippen molar-refractivity contribution in [3.8, 4) is 23.0 Å². The van der Waals surface area contributed by atoms with Gasteiger partial charge in [-0.25, -0.2) is 0 Å². The smallest absolute Gasteiger partial charge is 0.189 e. The third-order valence-corrected chi connectivity index (χ3v) is 3.47. The molecule has 0 spiro atoms.